The Kier molecular flexibility index (Phi) is 4.48. The lowest BCUT2D eigenvalue weighted by molar-refractivity contribution is 0.753. The Bertz CT molecular complexity index is 1290. The van der Waals surface area contributed by atoms with Crippen LogP contribution < -0.4 is 0 Å². The fourth-order valence-electron chi connectivity index (χ4n) is 3.58. The molecule has 0 saturated carbocycles. The van der Waals surface area contributed by atoms with Crippen LogP contribution in [-0.4, -0.2) is 35.2 Å². The molecule has 0 aromatic carbocycles. The Hall–Kier alpha value is -2.91. The highest BCUT2D eigenvalue weighted by molar-refractivity contribution is 7.17. The predicted molar refractivity (Wildman–Crippen MR) is 116 cm³/mol. The van der Waals surface area contributed by atoms with Gasteiger partial charge in [0.15, 0.2) is 5.65 Å². The summed E-state index contributed by atoms with van der Waals surface area (Å²) in [6.45, 7) is 7.05. The lowest BCUT2D eigenvalue weighted by atomic mass is 10.2. The predicted octanol–water partition coefficient (Wildman–Crippen LogP) is 4.63. The average Bonchev–Trinajstić information content (AvgIpc) is 3.48. The molecule has 0 aliphatic heterocycles. The van der Waals surface area contributed by atoms with Gasteiger partial charge in [0.2, 0.25) is 5.82 Å². The molecule has 0 radical (unpaired) electrons. The number of nitrogens with one attached hydrogen (secondary N) is 1. The zero-order chi connectivity index (χ0) is 20.0. The van der Waals surface area contributed by atoms with Gasteiger partial charge in [-0.3, -0.25) is 0 Å². The van der Waals surface area contributed by atoms with E-state index in [1.165, 1.54) is 15.3 Å². The van der Waals surface area contributed by atoms with Gasteiger partial charge in [0.1, 0.15) is 11.3 Å². The molecule has 146 valence electrons. The Morgan fingerprint density at radius 2 is 2.03 bits per heavy atom. The second-order valence-electron chi connectivity index (χ2n) is 6.89. The first-order valence-electron chi connectivity index (χ1n) is 9.37. The van der Waals surface area contributed by atoms with Gasteiger partial charge in [0.05, 0.1) is 11.4 Å². The second kappa shape index (κ2) is 7.16. The van der Waals surface area contributed by atoms with Crippen LogP contribution in [0.25, 0.3) is 32.3 Å². The molecular formula is C20H19N7S2. The molecular weight excluding hydrogens is 402 g/mol. The van der Waals surface area contributed by atoms with Crippen molar-refractivity contribution in [3.05, 3.63) is 51.6 Å². The zero-order valence-electron chi connectivity index (χ0n) is 16.3. The molecule has 0 unspecified atom stereocenters. The summed E-state index contributed by atoms with van der Waals surface area (Å²) in [6.07, 6.45) is 0.875. The number of hydrogen-bond donors (Lipinski definition) is 1. The first-order valence-corrected chi connectivity index (χ1v) is 11.1. The van der Waals surface area contributed by atoms with Crippen LogP contribution in [0.15, 0.2) is 29.6 Å². The van der Waals surface area contributed by atoms with Gasteiger partial charge < -0.3 is 4.57 Å². The fourth-order valence-corrected chi connectivity index (χ4v) is 5.51. The van der Waals surface area contributed by atoms with Gasteiger partial charge in [-0.25, -0.2) is 9.97 Å². The average molecular weight is 422 g/mol. The fraction of sp³-hybridized carbons (Fsp3) is 0.250. The molecule has 0 atom stereocenters. The first kappa shape index (κ1) is 18.1. The van der Waals surface area contributed by atoms with Crippen molar-refractivity contribution in [2.45, 2.75) is 33.7 Å². The van der Waals surface area contributed by atoms with Crippen LogP contribution in [-0.2, 0) is 13.0 Å². The van der Waals surface area contributed by atoms with Crippen LogP contribution in [0, 0.1) is 13.8 Å². The van der Waals surface area contributed by atoms with E-state index in [4.69, 9.17) is 9.97 Å². The van der Waals surface area contributed by atoms with Crippen molar-refractivity contribution in [1.29, 1.82) is 0 Å². The molecule has 0 bridgehead atoms. The minimum atomic E-state index is 0.633. The van der Waals surface area contributed by atoms with Crippen LogP contribution in [0.4, 0.5) is 0 Å². The lowest BCUT2D eigenvalue weighted by Crippen LogP contribution is -2.04. The number of H-pyrrole nitrogens is 1. The number of nitrogens with zero attached hydrogens (tertiary/aromatic N) is 6. The third-order valence-corrected chi connectivity index (χ3v) is 6.89. The van der Waals surface area contributed by atoms with Crippen LogP contribution in [0.3, 0.4) is 0 Å². The topological polar surface area (TPSA) is 85.2 Å². The van der Waals surface area contributed by atoms with Gasteiger partial charge in [-0.05, 0) is 54.3 Å². The molecule has 5 aromatic rings. The highest BCUT2D eigenvalue weighted by Crippen LogP contribution is 2.38. The molecule has 0 spiro atoms. The second-order valence-corrected chi connectivity index (χ2v) is 8.97. The summed E-state index contributed by atoms with van der Waals surface area (Å²) in [5.41, 5.74) is 5.31. The van der Waals surface area contributed by atoms with Crippen molar-refractivity contribution >= 4 is 33.8 Å². The summed E-state index contributed by atoms with van der Waals surface area (Å²) in [5.74, 6) is 1.70. The van der Waals surface area contributed by atoms with E-state index in [1.807, 2.05) is 6.92 Å². The van der Waals surface area contributed by atoms with Gasteiger partial charge in [-0.2, -0.15) is 5.21 Å². The van der Waals surface area contributed by atoms with Crippen molar-refractivity contribution < 1.29 is 0 Å². The van der Waals surface area contributed by atoms with Crippen molar-refractivity contribution in [2.24, 2.45) is 0 Å². The normalized spacial score (nSPS) is 11.6. The number of fused-ring (bicyclic) bond motifs is 1. The number of hydrogen-bond acceptors (Lipinski definition) is 7. The smallest absolute Gasteiger partial charge is 0.215 e. The number of aryl methyl sites for hydroxylation is 3. The van der Waals surface area contributed by atoms with Crippen molar-refractivity contribution in [2.75, 3.05) is 0 Å². The number of aromatic nitrogens is 7. The molecule has 0 fully saturated rings. The molecule has 7 nitrogen and oxygen atoms in total. The maximum absolute atomic E-state index is 4.85. The van der Waals surface area contributed by atoms with Crippen LogP contribution in [0.5, 0.6) is 0 Å². The van der Waals surface area contributed by atoms with Gasteiger partial charge in [0, 0.05) is 27.4 Å². The van der Waals surface area contributed by atoms with E-state index in [9.17, 15) is 0 Å². The number of tetrazole rings is 1. The SMILES string of the molecule is CCc1nc2c(C)cc(C)nc2n1Cc1ccc(-c2ccsc2-c2nn[nH]n2)s1. The molecule has 5 heterocycles. The van der Waals surface area contributed by atoms with Gasteiger partial charge >= 0.3 is 0 Å². The number of thiophene rings is 2. The summed E-state index contributed by atoms with van der Waals surface area (Å²) in [7, 11) is 0. The quantitative estimate of drug-likeness (QED) is 0.447. The number of pyridine rings is 1. The molecule has 9 heteroatoms. The number of imidazole rings is 1. The Morgan fingerprint density at radius 3 is 2.83 bits per heavy atom. The van der Waals surface area contributed by atoms with Gasteiger partial charge in [-0.1, -0.05) is 6.92 Å². The van der Waals surface area contributed by atoms with E-state index >= 15 is 0 Å². The van der Waals surface area contributed by atoms with E-state index in [2.05, 4.69) is 68.7 Å². The monoisotopic (exact) mass is 421 g/mol. The lowest BCUT2D eigenvalue weighted by Gasteiger charge is -2.06. The number of aromatic amines is 1. The molecule has 5 aromatic heterocycles. The minimum Gasteiger partial charge on any atom is -0.307 e. The molecule has 0 aliphatic carbocycles. The van der Waals surface area contributed by atoms with E-state index in [-0.39, 0.29) is 0 Å². The summed E-state index contributed by atoms with van der Waals surface area (Å²) in [6, 6.07) is 8.56. The summed E-state index contributed by atoms with van der Waals surface area (Å²) in [4.78, 5) is 13.1. The highest BCUT2D eigenvalue weighted by atomic mass is 32.1. The third kappa shape index (κ3) is 3.16. The molecule has 29 heavy (non-hydrogen) atoms. The van der Waals surface area contributed by atoms with Gasteiger partial charge in [-0.15, -0.1) is 32.9 Å². The zero-order valence-corrected chi connectivity index (χ0v) is 17.9. The molecule has 1 N–H and O–H groups in total. The maximum atomic E-state index is 4.85. The molecule has 0 amide bonds. The van der Waals surface area contributed by atoms with Crippen molar-refractivity contribution in [3.8, 4) is 21.1 Å². The van der Waals surface area contributed by atoms with E-state index in [0.29, 0.717) is 5.82 Å². The first-order chi connectivity index (χ1) is 14.1. The minimum absolute atomic E-state index is 0.633. The van der Waals surface area contributed by atoms with E-state index in [0.717, 1.165) is 46.1 Å². The van der Waals surface area contributed by atoms with E-state index in [1.54, 1.807) is 22.7 Å². The summed E-state index contributed by atoms with van der Waals surface area (Å²) < 4.78 is 2.25. The van der Waals surface area contributed by atoms with Crippen molar-refractivity contribution in [1.82, 2.24) is 35.2 Å². The van der Waals surface area contributed by atoms with E-state index < -0.39 is 0 Å². The van der Waals surface area contributed by atoms with Crippen molar-refractivity contribution in [3.63, 3.8) is 0 Å². The van der Waals surface area contributed by atoms with Crippen LogP contribution in [0.1, 0.15) is 28.9 Å². The van der Waals surface area contributed by atoms with Gasteiger partial charge in [0.25, 0.3) is 0 Å². The Labute approximate surface area is 175 Å². The summed E-state index contributed by atoms with van der Waals surface area (Å²) in [5, 5.41) is 16.5. The Morgan fingerprint density at radius 1 is 1.14 bits per heavy atom. The molecule has 5 rings (SSSR count). The maximum Gasteiger partial charge on any atom is 0.215 e. The van der Waals surface area contributed by atoms with Crippen LogP contribution in [0.2, 0.25) is 0 Å². The highest BCUT2D eigenvalue weighted by Gasteiger charge is 2.17. The Balaban J connectivity index is 1.53. The largest absolute Gasteiger partial charge is 0.307 e. The molecule has 0 saturated heterocycles. The third-order valence-electron chi connectivity index (χ3n) is 4.87. The number of rotatable bonds is 5. The molecule has 0 aliphatic rings. The standard InChI is InChI=1S/C20H19N7S2/c1-4-16-22-17-11(2)9-12(3)21-20(17)27(16)10-13-5-6-15(29-13)14-7-8-28-18(14)19-23-25-26-24-19/h5-9H,4,10H2,1-3H3,(H,23,24,25,26). The summed E-state index contributed by atoms with van der Waals surface area (Å²) >= 11 is 3.40. The van der Waals surface area contributed by atoms with Crippen LogP contribution >= 0.6 is 22.7 Å².